The van der Waals surface area contributed by atoms with E-state index in [0.29, 0.717) is 12.6 Å². The van der Waals surface area contributed by atoms with Crippen molar-refractivity contribution in [1.82, 2.24) is 5.32 Å². The van der Waals surface area contributed by atoms with E-state index in [4.69, 9.17) is 0 Å². The van der Waals surface area contributed by atoms with Gasteiger partial charge < -0.3 is 10.4 Å². The summed E-state index contributed by atoms with van der Waals surface area (Å²) < 4.78 is 0. The summed E-state index contributed by atoms with van der Waals surface area (Å²) in [5, 5.41) is 13.4. The average molecular weight is 233 g/mol. The molecule has 17 heavy (non-hydrogen) atoms. The molecule has 2 N–H and O–H groups in total. The zero-order valence-corrected chi connectivity index (χ0v) is 10.6. The summed E-state index contributed by atoms with van der Waals surface area (Å²) in [4.78, 5) is 0. The minimum atomic E-state index is -0.389. The lowest BCUT2D eigenvalue weighted by molar-refractivity contribution is 0.165. The second-order valence-corrected chi connectivity index (χ2v) is 5.27. The Morgan fingerprint density at radius 2 is 2.00 bits per heavy atom. The number of rotatable bonds is 6. The topological polar surface area (TPSA) is 32.3 Å². The van der Waals surface area contributed by atoms with Crippen LogP contribution < -0.4 is 5.32 Å². The van der Waals surface area contributed by atoms with E-state index in [1.54, 1.807) is 0 Å². The van der Waals surface area contributed by atoms with Crippen molar-refractivity contribution in [2.45, 2.75) is 44.8 Å². The molecule has 0 saturated heterocycles. The average Bonchev–Trinajstić information content (AvgIpc) is 2.32. The van der Waals surface area contributed by atoms with Crippen molar-refractivity contribution < 1.29 is 5.11 Å². The standard InChI is InChI=1S/C15H23NO/c1-12(10-13-6-5-7-13)16-11-15(17)14-8-3-2-4-9-14/h2-4,8-9,12-13,15-17H,5-7,10-11H2,1H3. The maximum absolute atomic E-state index is 10.0. The maximum atomic E-state index is 10.0. The highest BCUT2D eigenvalue weighted by molar-refractivity contribution is 5.17. The Bertz CT molecular complexity index is 321. The van der Waals surface area contributed by atoms with Crippen LogP contribution in [0, 0.1) is 5.92 Å². The molecule has 2 atom stereocenters. The van der Waals surface area contributed by atoms with E-state index >= 15 is 0 Å². The first-order valence-electron chi connectivity index (χ1n) is 6.72. The molecule has 1 aromatic carbocycles. The molecule has 1 fully saturated rings. The quantitative estimate of drug-likeness (QED) is 0.792. The Morgan fingerprint density at radius 1 is 1.29 bits per heavy atom. The zero-order chi connectivity index (χ0) is 12.1. The van der Waals surface area contributed by atoms with Crippen LogP contribution in [0.2, 0.25) is 0 Å². The van der Waals surface area contributed by atoms with Crippen LogP contribution in [0.4, 0.5) is 0 Å². The first-order valence-corrected chi connectivity index (χ1v) is 6.72. The molecule has 1 aliphatic rings. The highest BCUT2D eigenvalue weighted by atomic mass is 16.3. The molecule has 0 bridgehead atoms. The molecule has 0 radical (unpaired) electrons. The van der Waals surface area contributed by atoms with Gasteiger partial charge in [0.2, 0.25) is 0 Å². The molecule has 2 heteroatoms. The number of benzene rings is 1. The summed E-state index contributed by atoms with van der Waals surface area (Å²) in [6, 6.07) is 10.4. The first kappa shape index (κ1) is 12.6. The predicted octanol–water partition coefficient (Wildman–Crippen LogP) is 2.89. The lowest BCUT2D eigenvalue weighted by atomic mass is 9.81. The minimum Gasteiger partial charge on any atom is -0.387 e. The van der Waals surface area contributed by atoms with Crippen molar-refractivity contribution in [2.24, 2.45) is 5.92 Å². The van der Waals surface area contributed by atoms with E-state index in [9.17, 15) is 5.11 Å². The highest BCUT2D eigenvalue weighted by Gasteiger charge is 2.20. The molecule has 0 spiro atoms. The predicted molar refractivity (Wildman–Crippen MR) is 70.8 cm³/mol. The maximum Gasteiger partial charge on any atom is 0.0914 e. The fraction of sp³-hybridized carbons (Fsp3) is 0.600. The van der Waals surface area contributed by atoms with Crippen molar-refractivity contribution >= 4 is 0 Å². The Hall–Kier alpha value is -0.860. The first-order chi connectivity index (χ1) is 8.25. The van der Waals surface area contributed by atoms with Crippen LogP contribution in [-0.4, -0.2) is 17.7 Å². The van der Waals surface area contributed by atoms with Gasteiger partial charge in [-0.25, -0.2) is 0 Å². The second kappa shape index (κ2) is 6.18. The molecule has 1 aromatic rings. The van der Waals surface area contributed by atoms with Crippen molar-refractivity contribution in [1.29, 1.82) is 0 Å². The van der Waals surface area contributed by atoms with Crippen molar-refractivity contribution in [2.75, 3.05) is 6.54 Å². The third-order valence-electron chi connectivity index (χ3n) is 3.76. The van der Waals surface area contributed by atoms with Crippen LogP contribution in [0.1, 0.15) is 44.3 Å². The summed E-state index contributed by atoms with van der Waals surface area (Å²) in [5.74, 6) is 0.923. The molecule has 2 nitrogen and oxygen atoms in total. The van der Waals surface area contributed by atoms with E-state index in [2.05, 4.69) is 12.2 Å². The van der Waals surface area contributed by atoms with Crippen LogP contribution in [-0.2, 0) is 0 Å². The fourth-order valence-electron chi connectivity index (χ4n) is 2.42. The third-order valence-corrected chi connectivity index (χ3v) is 3.76. The largest absolute Gasteiger partial charge is 0.387 e. The van der Waals surface area contributed by atoms with Crippen LogP contribution in [0.15, 0.2) is 30.3 Å². The lowest BCUT2D eigenvalue weighted by Crippen LogP contribution is -2.33. The smallest absolute Gasteiger partial charge is 0.0914 e. The number of aliphatic hydroxyl groups is 1. The van der Waals surface area contributed by atoms with Crippen LogP contribution in [0.5, 0.6) is 0 Å². The van der Waals surface area contributed by atoms with Gasteiger partial charge in [-0.05, 0) is 24.8 Å². The van der Waals surface area contributed by atoms with Crippen molar-refractivity contribution in [3.8, 4) is 0 Å². The van der Waals surface area contributed by atoms with Gasteiger partial charge in [0, 0.05) is 12.6 Å². The molecular weight excluding hydrogens is 210 g/mol. The van der Waals surface area contributed by atoms with Gasteiger partial charge in [0.25, 0.3) is 0 Å². The van der Waals surface area contributed by atoms with E-state index in [0.717, 1.165) is 11.5 Å². The number of nitrogens with one attached hydrogen (secondary N) is 1. The Morgan fingerprint density at radius 3 is 2.59 bits per heavy atom. The van der Waals surface area contributed by atoms with E-state index in [-0.39, 0.29) is 6.10 Å². The van der Waals surface area contributed by atoms with Gasteiger partial charge in [-0.1, -0.05) is 49.6 Å². The second-order valence-electron chi connectivity index (χ2n) is 5.27. The monoisotopic (exact) mass is 233 g/mol. The molecular formula is C15H23NO. The Balaban J connectivity index is 1.70. The van der Waals surface area contributed by atoms with Gasteiger partial charge >= 0.3 is 0 Å². The van der Waals surface area contributed by atoms with Crippen molar-refractivity contribution in [3.05, 3.63) is 35.9 Å². The zero-order valence-electron chi connectivity index (χ0n) is 10.6. The Kier molecular flexibility index (Phi) is 4.57. The lowest BCUT2D eigenvalue weighted by Gasteiger charge is -2.29. The molecule has 0 amide bonds. The van der Waals surface area contributed by atoms with Crippen LogP contribution >= 0.6 is 0 Å². The molecule has 94 valence electrons. The van der Waals surface area contributed by atoms with Gasteiger partial charge in [0.1, 0.15) is 0 Å². The van der Waals surface area contributed by atoms with Gasteiger partial charge in [-0.2, -0.15) is 0 Å². The van der Waals surface area contributed by atoms with Gasteiger partial charge in [-0.15, -0.1) is 0 Å². The minimum absolute atomic E-state index is 0.389. The summed E-state index contributed by atoms with van der Waals surface area (Å²) in [5.41, 5.74) is 0.996. The summed E-state index contributed by atoms with van der Waals surface area (Å²) in [7, 11) is 0. The molecule has 0 aliphatic heterocycles. The molecule has 0 heterocycles. The van der Waals surface area contributed by atoms with Gasteiger partial charge in [-0.3, -0.25) is 0 Å². The number of aliphatic hydroxyl groups excluding tert-OH is 1. The SMILES string of the molecule is CC(CC1CCC1)NCC(O)c1ccccc1. The summed E-state index contributed by atoms with van der Waals surface area (Å²) in [6.07, 6.45) is 5.06. The van der Waals surface area contributed by atoms with Gasteiger partial charge in [0.15, 0.2) is 0 Å². The summed E-state index contributed by atoms with van der Waals surface area (Å²) >= 11 is 0. The van der Waals surface area contributed by atoms with Crippen LogP contribution in [0.3, 0.4) is 0 Å². The summed E-state index contributed by atoms with van der Waals surface area (Å²) in [6.45, 7) is 2.87. The highest BCUT2D eigenvalue weighted by Crippen LogP contribution is 2.30. The normalized spacial score (nSPS) is 19.6. The van der Waals surface area contributed by atoms with Crippen LogP contribution in [0.25, 0.3) is 0 Å². The van der Waals surface area contributed by atoms with Crippen molar-refractivity contribution in [3.63, 3.8) is 0 Å². The molecule has 0 aromatic heterocycles. The van der Waals surface area contributed by atoms with E-state index in [1.807, 2.05) is 30.3 Å². The molecule has 2 unspecified atom stereocenters. The molecule has 1 aliphatic carbocycles. The van der Waals surface area contributed by atoms with E-state index in [1.165, 1.54) is 25.7 Å². The number of hydrogen-bond acceptors (Lipinski definition) is 2. The molecule has 1 saturated carbocycles. The Labute approximate surface area is 104 Å². The van der Waals surface area contributed by atoms with E-state index < -0.39 is 0 Å². The fourth-order valence-corrected chi connectivity index (χ4v) is 2.42. The van der Waals surface area contributed by atoms with Gasteiger partial charge in [0.05, 0.1) is 6.10 Å². The number of hydrogen-bond donors (Lipinski definition) is 2. The molecule has 2 rings (SSSR count). The third kappa shape index (κ3) is 3.83.